The molecule has 0 aromatic heterocycles. The summed E-state index contributed by atoms with van der Waals surface area (Å²) in [6.07, 6.45) is 1.88. The molecule has 0 aliphatic rings. The van der Waals surface area contributed by atoms with Gasteiger partial charge >= 0.3 is 0 Å². The molecule has 0 N–H and O–H groups in total. The topological polar surface area (TPSA) is 15.6 Å². The lowest BCUT2D eigenvalue weighted by Gasteiger charge is -2.04. The maximum absolute atomic E-state index is 4.19. The second-order valence-corrected chi connectivity index (χ2v) is 3.45. The molecule has 0 saturated heterocycles. The third-order valence-electron chi connectivity index (χ3n) is 1.85. The molecular weight excluding hydrogens is 160 g/mol. The summed E-state index contributed by atoms with van der Waals surface area (Å²) in [5.41, 5.74) is 3.74. The lowest BCUT2D eigenvalue weighted by Crippen LogP contribution is -2.02. The minimum atomic E-state index is 1.18. The molecule has 0 radical (unpaired) electrons. The Morgan fingerprint density at radius 1 is 1.23 bits per heavy atom. The molecule has 70 valence electrons. The number of nitrogens with zero attached hydrogens (tertiary/aromatic N) is 2. The highest BCUT2D eigenvalue weighted by Crippen LogP contribution is 2.07. The summed E-state index contributed by atoms with van der Waals surface area (Å²) in [5, 5.41) is 5.98. The molecule has 0 saturated carbocycles. The Morgan fingerprint density at radius 3 is 2.46 bits per heavy atom. The van der Waals surface area contributed by atoms with E-state index in [0.29, 0.717) is 0 Å². The van der Waals surface area contributed by atoms with Crippen LogP contribution >= 0.6 is 0 Å². The van der Waals surface area contributed by atoms with Crippen LogP contribution in [0.3, 0.4) is 0 Å². The van der Waals surface area contributed by atoms with E-state index in [4.69, 9.17) is 0 Å². The van der Waals surface area contributed by atoms with E-state index in [9.17, 15) is 0 Å². The highest BCUT2D eigenvalue weighted by atomic mass is 15.4. The molecule has 0 aliphatic carbocycles. The van der Waals surface area contributed by atoms with Crippen molar-refractivity contribution >= 4 is 6.21 Å². The number of hydrogen-bond acceptors (Lipinski definition) is 2. The predicted octanol–water partition coefficient (Wildman–Crippen LogP) is 2.20. The number of hydrazone groups is 1. The summed E-state index contributed by atoms with van der Waals surface area (Å²) in [7, 11) is 3.83. The molecule has 2 nitrogen and oxygen atoms in total. The van der Waals surface area contributed by atoms with Crippen molar-refractivity contribution in [1.29, 1.82) is 0 Å². The number of aryl methyl sites for hydroxylation is 2. The fourth-order valence-electron chi connectivity index (χ4n) is 1.15. The fraction of sp³-hybridized carbons (Fsp3) is 0.364. The molecule has 0 unspecified atom stereocenters. The second-order valence-electron chi connectivity index (χ2n) is 3.45. The summed E-state index contributed by atoms with van der Waals surface area (Å²) in [5.74, 6) is 0. The zero-order valence-electron chi connectivity index (χ0n) is 8.70. The van der Waals surface area contributed by atoms with Gasteiger partial charge in [0.2, 0.25) is 0 Å². The first-order chi connectivity index (χ1) is 6.09. The van der Waals surface area contributed by atoms with Gasteiger partial charge in [-0.2, -0.15) is 5.10 Å². The van der Waals surface area contributed by atoms with Gasteiger partial charge < -0.3 is 5.01 Å². The second kappa shape index (κ2) is 4.08. The van der Waals surface area contributed by atoms with E-state index in [1.54, 1.807) is 5.01 Å². The van der Waals surface area contributed by atoms with E-state index in [1.807, 2.05) is 20.3 Å². The van der Waals surface area contributed by atoms with Crippen molar-refractivity contribution in [1.82, 2.24) is 5.01 Å². The zero-order chi connectivity index (χ0) is 9.84. The Kier molecular flexibility index (Phi) is 3.07. The van der Waals surface area contributed by atoms with Gasteiger partial charge in [-0.05, 0) is 25.0 Å². The molecule has 0 spiro atoms. The molecule has 0 aliphatic heterocycles. The zero-order valence-corrected chi connectivity index (χ0v) is 8.70. The van der Waals surface area contributed by atoms with E-state index in [0.717, 1.165) is 0 Å². The number of benzene rings is 1. The Labute approximate surface area is 79.9 Å². The molecule has 0 amide bonds. The molecule has 0 atom stereocenters. The predicted molar refractivity (Wildman–Crippen MR) is 57.2 cm³/mol. The van der Waals surface area contributed by atoms with Crippen molar-refractivity contribution in [2.24, 2.45) is 5.10 Å². The number of hydrogen-bond donors (Lipinski definition) is 0. The molecule has 1 aromatic rings. The molecule has 13 heavy (non-hydrogen) atoms. The van der Waals surface area contributed by atoms with Gasteiger partial charge in [-0.3, -0.25) is 0 Å². The first kappa shape index (κ1) is 9.78. The van der Waals surface area contributed by atoms with Gasteiger partial charge in [0.25, 0.3) is 0 Å². The number of rotatable bonds is 2. The molecule has 0 fully saturated rings. The van der Waals surface area contributed by atoms with Crippen LogP contribution in [0, 0.1) is 13.8 Å². The van der Waals surface area contributed by atoms with Crippen molar-refractivity contribution in [3.8, 4) is 0 Å². The van der Waals surface area contributed by atoms with Crippen LogP contribution in [0.25, 0.3) is 0 Å². The SMILES string of the molecule is Cc1ccc(C=NN(C)C)c(C)c1. The quantitative estimate of drug-likeness (QED) is 0.498. The van der Waals surface area contributed by atoms with Crippen LogP contribution in [0.2, 0.25) is 0 Å². The standard InChI is InChI=1S/C11H16N2/c1-9-5-6-11(10(2)7-9)8-12-13(3)4/h5-8H,1-4H3. The average molecular weight is 176 g/mol. The maximum atomic E-state index is 4.19. The first-order valence-corrected chi connectivity index (χ1v) is 4.38. The maximum Gasteiger partial charge on any atom is 0.0545 e. The van der Waals surface area contributed by atoms with Gasteiger partial charge in [-0.25, -0.2) is 0 Å². The van der Waals surface area contributed by atoms with E-state index < -0.39 is 0 Å². The Bertz CT molecular complexity index is 314. The van der Waals surface area contributed by atoms with Gasteiger partial charge in [-0.15, -0.1) is 0 Å². The van der Waals surface area contributed by atoms with Gasteiger partial charge in [0.15, 0.2) is 0 Å². The van der Waals surface area contributed by atoms with Crippen LogP contribution in [0.5, 0.6) is 0 Å². The van der Waals surface area contributed by atoms with E-state index in [-0.39, 0.29) is 0 Å². The van der Waals surface area contributed by atoms with Gasteiger partial charge in [-0.1, -0.05) is 23.8 Å². The summed E-state index contributed by atoms with van der Waals surface area (Å²) < 4.78 is 0. The third kappa shape index (κ3) is 2.90. The normalized spacial score (nSPS) is 10.8. The monoisotopic (exact) mass is 176 g/mol. The Hall–Kier alpha value is -1.31. The molecule has 0 heterocycles. The fourth-order valence-corrected chi connectivity index (χ4v) is 1.15. The smallest absolute Gasteiger partial charge is 0.0545 e. The van der Waals surface area contributed by atoms with Crippen molar-refractivity contribution in [2.75, 3.05) is 14.1 Å². The summed E-state index contributed by atoms with van der Waals surface area (Å²) >= 11 is 0. The summed E-state index contributed by atoms with van der Waals surface area (Å²) in [4.78, 5) is 0. The molecule has 1 aromatic carbocycles. The third-order valence-corrected chi connectivity index (χ3v) is 1.85. The van der Waals surface area contributed by atoms with E-state index >= 15 is 0 Å². The molecule has 2 heteroatoms. The van der Waals surface area contributed by atoms with Crippen molar-refractivity contribution in [3.05, 3.63) is 34.9 Å². The van der Waals surface area contributed by atoms with Crippen LogP contribution in [0.15, 0.2) is 23.3 Å². The highest BCUT2D eigenvalue weighted by Gasteiger charge is 1.94. The largest absolute Gasteiger partial charge is 0.303 e. The Balaban J connectivity index is 2.90. The first-order valence-electron chi connectivity index (χ1n) is 4.38. The summed E-state index contributed by atoms with van der Waals surface area (Å²) in [6.45, 7) is 4.20. The van der Waals surface area contributed by atoms with Gasteiger partial charge in [0.05, 0.1) is 6.21 Å². The minimum absolute atomic E-state index is 1.18. The van der Waals surface area contributed by atoms with Crippen molar-refractivity contribution in [3.63, 3.8) is 0 Å². The van der Waals surface area contributed by atoms with Crippen LogP contribution in [-0.2, 0) is 0 Å². The average Bonchev–Trinajstić information content (AvgIpc) is 2.02. The lowest BCUT2D eigenvalue weighted by atomic mass is 10.1. The summed E-state index contributed by atoms with van der Waals surface area (Å²) in [6, 6.07) is 6.36. The molecule has 0 bridgehead atoms. The minimum Gasteiger partial charge on any atom is -0.303 e. The van der Waals surface area contributed by atoms with E-state index in [2.05, 4.69) is 37.1 Å². The van der Waals surface area contributed by atoms with Crippen molar-refractivity contribution < 1.29 is 0 Å². The van der Waals surface area contributed by atoms with Crippen LogP contribution in [0.4, 0.5) is 0 Å². The van der Waals surface area contributed by atoms with E-state index in [1.165, 1.54) is 16.7 Å². The van der Waals surface area contributed by atoms with Crippen LogP contribution < -0.4 is 0 Å². The highest BCUT2D eigenvalue weighted by molar-refractivity contribution is 5.81. The molecular formula is C11H16N2. The Morgan fingerprint density at radius 2 is 1.92 bits per heavy atom. The van der Waals surface area contributed by atoms with Gasteiger partial charge in [0, 0.05) is 14.1 Å². The molecule has 1 rings (SSSR count). The van der Waals surface area contributed by atoms with Crippen LogP contribution in [0.1, 0.15) is 16.7 Å². The van der Waals surface area contributed by atoms with Crippen molar-refractivity contribution in [2.45, 2.75) is 13.8 Å². The lowest BCUT2D eigenvalue weighted by molar-refractivity contribution is 0.440. The van der Waals surface area contributed by atoms with Gasteiger partial charge in [0.1, 0.15) is 0 Å². The van der Waals surface area contributed by atoms with Crippen LogP contribution in [-0.4, -0.2) is 25.3 Å².